The summed E-state index contributed by atoms with van der Waals surface area (Å²) in [4.78, 5) is 12.2. The summed E-state index contributed by atoms with van der Waals surface area (Å²) in [5.41, 5.74) is 5.43. The molecular weight excluding hydrogens is 372 g/mol. The molecule has 0 bridgehead atoms. The third-order valence-electron chi connectivity index (χ3n) is 4.02. The first-order valence-corrected chi connectivity index (χ1v) is 9.40. The molecule has 2 aromatic heterocycles. The maximum Gasteiger partial charge on any atom is 0.271 e. The van der Waals surface area contributed by atoms with Crippen molar-refractivity contribution >= 4 is 23.5 Å². The number of hydrazone groups is 1. The van der Waals surface area contributed by atoms with Gasteiger partial charge in [0.15, 0.2) is 0 Å². The van der Waals surface area contributed by atoms with Crippen LogP contribution in [0.4, 0.5) is 0 Å². The molecule has 4 aromatic rings. The van der Waals surface area contributed by atoms with Gasteiger partial charge in [-0.1, -0.05) is 30.3 Å². The number of amides is 1. The Morgan fingerprint density at radius 3 is 2.57 bits per heavy atom. The largest absolute Gasteiger partial charge is 0.508 e. The normalized spacial score (nSPS) is 11.0. The van der Waals surface area contributed by atoms with Gasteiger partial charge in [-0.25, -0.2) is 10.1 Å². The van der Waals surface area contributed by atoms with E-state index in [1.54, 1.807) is 22.2 Å². The first-order chi connectivity index (χ1) is 13.7. The van der Waals surface area contributed by atoms with Crippen LogP contribution in [0, 0.1) is 0 Å². The molecule has 0 saturated heterocycles. The van der Waals surface area contributed by atoms with Crippen LogP contribution in [0.1, 0.15) is 15.9 Å². The molecule has 2 aromatic carbocycles. The number of hydrogen-bond acceptors (Lipinski definition) is 5. The first kappa shape index (κ1) is 17.7. The van der Waals surface area contributed by atoms with E-state index < -0.39 is 0 Å². The van der Waals surface area contributed by atoms with Crippen molar-refractivity contribution in [2.24, 2.45) is 5.10 Å². The van der Waals surface area contributed by atoms with Crippen LogP contribution < -0.4 is 5.43 Å². The van der Waals surface area contributed by atoms with Crippen LogP contribution in [0.5, 0.6) is 5.75 Å². The van der Waals surface area contributed by atoms with Gasteiger partial charge < -0.3 is 5.11 Å². The van der Waals surface area contributed by atoms with Crippen molar-refractivity contribution in [2.75, 3.05) is 0 Å². The maximum atomic E-state index is 12.2. The van der Waals surface area contributed by atoms with Gasteiger partial charge in [-0.05, 0) is 41.8 Å². The minimum atomic E-state index is -0.358. The molecule has 2 heterocycles. The van der Waals surface area contributed by atoms with Gasteiger partial charge in [0.05, 0.1) is 6.21 Å². The Kier molecular flexibility index (Phi) is 4.99. The van der Waals surface area contributed by atoms with Crippen LogP contribution in [-0.4, -0.2) is 27.0 Å². The molecule has 0 saturated carbocycles. The number of phenols is 1. The van der Waals surface area contributed by atoms with Gasteiger partial charge in [-0.2, -0.15) is 10.2 Å². The van der Waals surface area contributed by atoms with E-state index in [-0.39, 0.29) is 11.7 Å². The van der Waals surface area contributed by atoms with E-state index in [9.17, 15) is 9.90 Å². The number of aromatic hydroxyl groups is 1. The Labute approximate surface area is 165 Å². The highest BCUT2D eigenvalue weighted by Gasteiger charge is 2.11. The standard InChI is InChI=1S/C21H16N4O2S/c26-18-10-8-16(9-11-18)21(27)23-22-13-17-14-25(19-7-4-12-28-19)24-20(17)15-5-2-1-3-6-15/h1-14,26H,(H,23,27). The van der Waals surface area contributed by atoms with E-state index in [2.05, 4.69) is 15.6 Å². The first-order valence-electron chi connectivity index (χ1n) is 8.52. The Hall–Kier alpha value is -3.71. The number of benzene rings is 2. The lowest BCUT2D eigenvalue weighted by Gasteiger charge is -2.00. The second-order valence-electron chi connectivity index (χ2n) is 5.94. The van der Waals surface area contributed by atoms with Crippen LogP contribution >= 0.6 is 11.3 Å². The Morgan fingerprint density at radius 1 is 1.07 bits per heavy atom. The highest BCUT2D eigenvalue weighted by atomic mass is 32.1. The van der Waals surface area contributed by atoms with Crippen molar-refractivity contribution in [3.8, 4) is 22.0 Å². The van der Waals surface area contributed by atoms with Gasteiger partial charge in [0.2, 0.25) is 0 Å². The molecule has 1 amide bonds. The summed E-state index contributed by atoms with van der Waals surface area (Å²) in [6.45, 7) is 0. The molecule has 0 spiro atoms. The second-order valence-corrected chi connectivity index (χ2v) is 6.87. The van der Waals surface area contributed by atoms with Crippen molar-refractivity contribution in [1.82, 2.24) is 15.2 Å². The lowest BCUT2D eigenvalue weighted by atomic mass is 10.1. The predicted molar refractivity (Wildman–Crippen MR) is 110 cm³/mol. The molecule has 0 fully saturated rings. The third kappa shape index (κ3) is 3.84. The zero-order valence-electron chi connectivity index (χ0n) is 14.7. The molecule has 0 aliphatic heterocycles. The monoisotopic (exact) mass is 388 g/mol. The molecule has 0 aliphatic carbocycles. The minimum Gasteiger partial charge on any atom is -0.508 e. The Morgan fingerprint density at radius 2 is 1.86 bits per heavy atom. The van der Waals surface area contributed by atoms with Gasteiger partial charge >= 0.3 is 0 Å². The molecule has 6 nitrogen and oxygen atoms in total. The van der Waals surface area contributed by atoms with Crippen molar-refractivity contribution < 1.29 is 9.90 Å². The molecule has 0 unspecified atom stereocenters. The number of carbonyl (C=O) groups is 1. The average molecular weight is 388 g/mol. The fourth-order valence-electron chi connectivity index (χ4n) is 2.65. The van der Waals surface area contributed by atoms with Gasteiger partial charge in [0.25, 0.3) is 5.91 Å². The summed E-state index contributed by atoms with van der Waals surface area (Å²) in [6, 6.07) is 19.7. The molecule has 7 heteroatoms. The fraction of sp³-hybridized carbons (Fsp3) is 0. The van der Waals surface area contributed by atoms with Gasteiger partial charge in [0.1, 0.15) is 16.4 Å². The lowest BCUT2D eigenvalue weighted by Crippen LogP contribution is -2.17. The minimum absolute atomic E-state index is 0.105. The smallest absolute Gasteiger partial charge is 0.271 e. The van der Waals surface area contributed by atoms with Crippen LogP contribution in [0.2, 0.25) is 0 Å². The second kappa shape index (κ2) is 7.89. The number of hydrogen-bond donors (Lipinski definition) is 2. The number of carbonyl (C=O) groups excluding carboxylic acids is 1. The molecule has 0 radical (unpaired) electrons. The number of rotatable bonds is 5. The predicted octanol–water partition coefficient (Wildman–Crippen LogP) is 4.07. The zero-order chi connectivity index (χ0) is 19.3. The highest BCUT2D eigenvalue weighted by molar-refractivity contribution is 7.12. The van der Waals surface area contributed by atoms with E-state index in [4.69, 9.17) is 0 Å². The Balaban J connectivity index is 1.60. The van der Waals surface area contributed by atoms with Crippen molar-refractivity contribution in [1.29, 1.82) is 0 Å². The fourth-order valence-corrected chi connectivity index (χ4v) is 3.31. The molecule has 0 aliphatic rings. The average Bonchev–Trinajstić information content (AvgIpc) is 3.39. The van der Waals surface area contributed by atoms with Crippen molar-refractivity contribution in [3.05, 3.63) is 89.4 Å². The maximum absolute atomic E-state index is 12.2. The summed E-state index contributed by atoms with van der Waals surface area (Å²) < 4.78 is 1.80. The van der Waals surface area contributed by atoms with E-state index >= 15 is 0 Å². The number of aromatic nitrogens is 2. The third-order valence-corrected chi connectivity index (χ3v) is 4.88. The zero-order valence-corrected chi connectivity index (χ0v) is 15.5. The van der Waals surface area contributed by atoms with Crippen LogP contribution in [0.25, 0.3) is 16.3 Å². The summed E-state index contributed by atoms with van der Waals surface area (Å²) >= 11 is 1.59. The molecule has 138 valence electrons. The highest BCUT2D eigenvalue weighted by Crippen LogP contribution is 2.24. The number of thiophene rings is 1. The molecule has 2 N–H and O–H groups in total. The number of nitrogens with zero attached hydrogens (tertiary/aromatic N) is 3. The van der Waals surface area contributed by atoms with Crippen molar-refractivity contribution in [3.63, 3.8) is 0 Å². The van der Waals surface area contributed by atoms with Crippen LogP contribution in [0.3, 0.4) is 0 Å². The van der Waals surface area contributed by atoms with Crippen molar-refractivity contribution in [2.45, 2.75) is 0 Å². The van der Waals surface area contributed by atoms with E-state index in [1.165, 1.54) is 24.3 Å². The molecule has 0 atom stereocenters. The SMILES string of the molecule is O=C(NN=Cc1cn(-c2cccs2)nc1-c1ccccc1)c1ccc(O)cc1. The van der Waals surface area contributed by atoms with Gasteiger partial charge in [0, 0.05) is 22.9 Å². The van der Waals surface area contributed by atoms with E-state index in [0.717, 1.165) is 21.8 Å². The summed E-state index contributed by atoms with van der Waals surface area (Å²) in [7, 11) is 0. The van der Waals surface area contributed by atoms with E-state index in [1.807, 2.05) is 54.0 Å². The van der Waals surface area contributed by atoms with Crippen LogP contribution in [0.15, 0.2) is 83.4 Å². The number of nitrogens with one attached hydrogen (secondary N) is 1. The number of phenolic OH excluding ortho intramolecular Hbond substituents is 1. The summed E-state index contributed by atoms with van der Waals surface area (Å²) in [5, 5.41) is 21.1. The Bertz CT molecular complexity index is 1100. The van der Waals surface area contributed by atoms with E-state index in [0.29, 0.717) is 5.56 Å². The summed E-state index contributed by atoms with van der Waals surface area (Å²) in [6.07, 6.45) is 3.46. The quantitative estimate of drug-likeness (QED) is 0.399. The lowest BCUT2D eigenvalue weighted by molar-refractivity contribution is 0.0955. The van der Waals surface area contributed by atoms with Gasteiger partial charge in [-0.15, -0.1) is 11.3 Å². The molecular formula is C21H16N4O2S. The molecule has 4 rings (SSSR count). The summed E-state index contributed by atoms with van der Waals surface area (Å²) in [5.74, 6) is -0.253. The molecule has 28 heavy (non-hydrogen) atoms. The van der Waals surface area contributed by atoms with Gasteiger partial charge in [-0.3, -0.25) is 4.79 Å². The van der Waals surface area contributed by atoms with Crippen LogP contribution in [-0.2, 0) is 0 Å². The topological polar surface area (TPSA) is 79.5 Å².